The Morgan fingerprint density at radius 3 is 2.50 bits per heavy atom. The average molecular weight is 432 g/mol. The van der Waals surface area contributed by atoms with Crippen molar-refractivity contribution in [1.29, 1.82) is 0 Å². The van der Waals surface area contributed by atoms with E-state index in [-0.39, 0.29) is 30.6 Å². The lowest BCUT2D eigenvalue weighted by atomic mass is 10.2. The summed E-state index contributed by atoms with van der Waals surface area (Å²) in [5, 5.41) is 2.75. The standard InChI is InChI=1S/C21H24N2O6S/c24-21(20-15-28-18-5-1-2-6-19(18)29-20)22-11-14-27-16-7-9-17(10-8-16)30(25,26)23-12-3-4-13-23/h1-2,5-10,20H,3-4,11-15H2,(H,22,24)/t20-/m0/s1. The van der Waals surface area contributed by atoms with Crippen molar-refractivity contribution in [3.05, 3.63) is 48.5 Å². The van der Waals surface area contributed by atoms with E-state index in [4.69, 9.17) is 14.2 Å². The van der Waals surface area contributed by atoms with Gasteiger partial charge in [-0.3, -0.25) is 4.79 Å². The van der Waals surface area contributed by atoms with E-state index in [1.807, 2.05) is 12.1 Å². The van der Waals surface area contributed by atoms with E-state index in [0.717, 1.165) is 12.8 Å². The van der Waals surface area contributed by atoms with Crippen LogP contribution in [0.2, 0.25) is 0 Å². The van der Waals surface area contributed by atoms with Crippen LogP contribution in [0.5, 0.6) is 17.2 Å². The third-order valence-corrected chi connectivity index (χ3v) is 6.91. The molecule has 1 saturated heterocycles. The van der Waals surface area contributed by atoms with Gasteiger partial charge in [-0.05, 0) is 49.2 Å². The third kappa shape index (κ3) is 4.52. The van der Waals surface area contributed by atoms with E-state index >= 15 is 0 Å². The maximum absolute atomic E-state index is 12.5. The van der Waals surface area contributed by atoms with Crippen molar-refractivity contribution in [2.75, 3.05) is 32.8 Å². The van der Waals surface area contributed by atoms with Gasteiger partial charge in [0.25, 0.3) is 5.91 Å². The number of nitrogens with one attached hydrogen (secondary N) is 1. The van der Waals surface area contributed by atoms with Crippen LogP contribution in [-0.4, -0.2) is 57.6 Å². The average Bonchev–Trinajstić information content (AvgIpc) is 3.32. The molecule has 0 aliphatic carbocycles. The number of carbonyl (C=O) groups is 1. The molecule has 9 heteroatoms. The molecule has 4 rings (SSSR count). The number of sulfonamides is 1. The molecule has 1 amide bonds. The molecule has 0 radical (unpaired) electrons. The van der Waals surface area contributed by atoms with Gasteiger partial charge in [0.1, 0.15) is 19.0 Å². The molecule has 1 N–H and O–H groups in total. The van der Waals surface area contributed by atoms with Crippen LogP contribution < -0.4 is 19.5 Å². The molecule has 2 aliphatic rings. The Bertz CT molecular complexity index is 987. The summed E-state index contributed by atoms with van der Waals surface area (Å²) in [4.78, 5) is 12.5. The summed E-state index contributed by atoms with van der Waals surface area (Å²) in [5.74, 6) is 1.43. The predicted molar refractivity (Wildman–Crippen MR) is 109 cm³/mol. The normalized spacial score (nSPS) is 18.7. The number of amides is 1. The van der Waals surface area contributed by atoms with Gasteiger partial charge in [0.2, 0.25) is 16.1 Å². The Kier molecular flexibility index (Phi) is 6.10. The molecule has 0 spiro atoms. The Balaban J connectivity index is 1.22. The van der Waals surface area contributed by atoms with E-state index in [0.29, 0.717) is 30.3 Å². The molecule has 30 heavy (non-hydrogen) atoms. The van der Waals surface area contributed by atoms with E-state index in [1.54, 1.807) is 36.4 Å². The topological polar surface area (TPSA) is 94.2 Å². The molecule has 2 aromatic carbocycles. The van der Waals surface area contributed by atoms with Crippen molar-refractivity contribution in [1.82, 2.24) is 9.62 Å². The maximum atomic E-state index is 12.5. The quantitative estimate of drug-likeness (QED) is 0.671. The molecule has 8 nitrogen and oxygen atoms in total. The van der Waals surface area contributed by atoms with Crippen LogP contribution in [0.1, 0.15) is 12.8 Å². The Morgan fingerprint density at radius 2 is 1.77 bits per heavy atom. The SMILES string of the molecule is O=C(NCCOc1ccc(S(=O)(=O)N2CCCC2)cc1)[C@@H]1COc2ccccc2O1. The number of fused-ring (bicyclic) bond motifs is 1. The number of hydrogen-bond donors (Lipinski definition) is 1. The minimum Gasteiger partial charge on any atom is -0.492 e. The minimum atomic E-state index is -3.43. The smallest absolute Gasteiger partial charge is 0.264 e. The van der Waals surface area contributed by atoms with Crippen LogP contribution in [0.15, 0.2) is 53.4 Å². The third-order valence-electron chi connectivity index (χ3n) is 5.00. The fraction of sp³-hybridized carbons (Fsp3) is 0.381. The fourth-order valence-electron chi connectivity index (χ4n) is 3.39. The second kappa shape index (κ2) is 8.93. The number of hydrogen-bond acceptors (Lipinski definition) is 6. The Labute approximate surface area is 175 Å². The summed E-state index contributed by atoms with van der Waals surface area (Å²) in [6.45, 7) is 1.82. The van der Waals surface area contributed by atoms with Gasteiger partial charge in [-0.1, -0.05) is 12.1 Å². The highest BCUT2D eigenvalue weighted by molar-refractivity contribution is 7.89. The van der Waals surface area contributed by atoms with Crippen molar-refractivity contribution >= 4 is 15.9 Å². The van der Waals surface area contributed by atoms with Gasteiger partial charge in [-0.2, -0.15) is 4.31 Å². The molecular formula is C21H24N2O6S. The molecule has 0 saturated carbocycles. The molecule has 0 bridgehead atoms. The lowest BCUT2D eigenvalue weighted by molar-refractivity contribution is -0.130. The number of carbonyl (C=O) groups excluding carboxylic acids is 1. The second-order valence-corrected chi connectivity index (χ2v) is 9.02. The number of benzene rings is 2. The summed E-state index contributed by atoms with van der Waals surface area (Å²) in [6, 6.07) is 13.6. The van der Waals surface area contributed by atoms with Crippen LogP contribution in [0, 0.1) is 0 Å². The van der Waals surface area contributed by atoms with Crippen molar-refractivity contribution < 1.29 is 27.4 Å². The van der Waals surface area contributed by atoms with Crippen LogP contribution in [0.25, 0.3) is 0 Å². The van der Waals surface area contributed by atoms with Gasteiger partial charge in [-0.15, -0.1) is 0 Å². The highest BCUT2D eigenvalue weighted by atomic mass is 32.2. The van der Waals surface area contributed by atoms with E-state index in [2.05, 4.69) is 5.32 Å². The summed E-state index contributed by atoms with van der Waals surface area (Å²) < 4.78 is 43.3. The molecule has 1 atom stereocenters. The zero-order valence-corrected chi connectivity index (χ0v) is 17.3. The number of nitrogens with zero attached hydrogens (tertiary/aromatic N) is 1. The van der Waals surface area contributed by atoms with Gasteiger partial charge >= 0.3 is 0 Å². The van der Waals surface area contributed by atoms with Gasteiger partial charge in [0.05, 0.1) is 11.4 Å². The molecule has 2 heterocycles. The molecular weight excluding hydrogens is 408 g/mol. The fourth-order valence-corrected chi connectivity index (χ4v) is 4.91. The van der Waals surface area contributed by atoms with Crippen molar-refractivity contribution in [3.63, 3.8) is 0 Å². The molecule has 0 unspecified atom stereocenters. The first-order chi connectivity index (χ1) is 14.5. The first kappa shape index (κ1) is 20.5. The number of ether oxygens (including phenoxy) is 3. The summed E-state index contributed by atoms with van der Waals surface area (Å²) in [7, 11) is -3.43. The highest BCUT2D eigenvalue weighted by Crippen LogP contribution is 2.30. The van der Waals surface area contributed by atoms with E-state index < -0.39 is 16.1 Å². The van der Waals surface area contributed by atoms with Gasteiger partial charge in [0, 0.05) is 13.1 Å². The zero-order chi connectivity index (χ0) is 21.0. The lowest BCUT2D eigenvalue weighted by Gasteiger charge is -2.25. The Morgan fingerprint density at radius 1 is 1.07 bits per heavy atom. The maximum Gasteiger partial charge on any atom is 0.264 e. The monoisotopic (exact) mass is 432 g/mol. The summed E-state index contributed by atoms with van der Waals surface area (Å²) >= 11 is 0. The number of rotatable bonds is 7. The molecule has 0 aromatic heterocycles. The van der Waals surface area contributed by atoms with Crippen molar-refractivity contribution in [2.45, 2.75) is 23.8 Å². The van der Waals surface area contributed by atoms with E-state index in [1.165, 1.54) is 4.31 Å². The van der Waals surface area contributed by atoms with Crippen molar-refractivity contribution in [3.8, 4) is 17.2 Å². The zero-order valence-electron chi connectivity index (χ0n) is 16.5. The van der Waals surface area contributed by atoms with Crippen molar-refractivity contribution in [2.24, 2.45) is 0 Å². The molecule has 2 aliphatic heterocycles. The summed E-state index contributed by atoms with van der Waals surface area (Å²) in [6.07, 6.45) is 1.09. The van der Waals surface area contributed by atoms with Gasteiger partial charge in [-0.25, -0.2) is 8.42 Å². The van der Waals surface area contributed by atoms with Crippen LogP contribution in [0.4, 0.5) is 0 Å². The molecule has 160 valence electrons. The lowest BCUT2D eigenvalue weighted by Crippen LogP contribution is -2.45. The van der Waals surface area contributed by atoms with Crippen LogP contribution in [-0.2, 0) is 14.8 Å². The van der Waals surface area contributed by atoms with Crippen LogP contribution in [0.3, 0.4) is 0 Å². The first-order valence-electron chi connectivity index (χ1n) is 9.93. The largest absolute Gasteiger partial charge is 0.492 e. The molecule has 1 fully saturated rings. The van der Waals surface area contributed by atoms with Gasteiger partial charge in [0.15, 0.2) is 11.5 Å². The predicted octanol–water partition coefficient (Wildman–Crippen LogP) is 1.81. The van der Waals surface area contributed by atoms with Gasteiger partial charge < -0.3 is 19.5 Å². The second-order valence-electron chi connectivity index (χ2n) is 7.09. The summed E-state index contributed by atoms with van der Waals surface area (Å²) in [5.41, 5.74) is 0. The highest BCUT2D eigenvalue weighted by Gasteiger charge is 2.28. The first-order valence-corrected chi connectivity index (χ1v) is 11.4. The molecule has 2 aromatic rings. The number of para-hydroxylation sites is 2. The minimum absolute atomic E-state index is 0.149. The Hall–Kier alpha value is -2.78. The van der Waals surface area contributed by atoms with E-state index in [9.17, 15) is 13.2 Å². The van der Waals surface area contributed by atoms with Crippen LogP contribution >= 0.6 is 0 Å².